The average molecular weight is 367 g/mol. The first kappa shape index (κ1) is 17.7. The van der Waals surface area contributed by atoms with Gasteiger partial charge in [0, 0.05) is 11.5 Å². The molecule has 0 amide bonds. The van der Waals surface area contributed by atoms with E-state index in [2.05, 4.69) is 9.46 Å². The maximum absolute atomic E-state index is 12.9. The smallest absolute Gasteiger partial charge is 0.330 e. The summed E-state index contributed by atoms with van der Waals surface area (Å²) in [7, 11) is -2.58. The molecule has 0 bridgehead atoms. The van der Waals surface area contributed by atoms with Gasteiger partial charge in [-0.2, -0.15) is 0 Å². The van der Waals surface area contributed by atoms with Crippen molar-refractivity contribution in [2.45, 2.75) is 4.90 Å². The van der Waals surface area contributed by atoms with Crippen molar-refractivity contribution in [2.75, 3.05) is 11.8 Å². The molecule has 0 atom stereocenters. The molecule has 3 rings (SSSR count). The van der Waals surface area contributed by atoms with E-state index in [1.54, 1.807) is 30.3 Å². The zero-order valence-corrected chi connectivity index (χ0v) is 14.9. The van der Waals surface area contributed by atoms with Crippen LogP contribution in [0, 0.1) is 0 Å². The van der Waals surface area contributed by atoms with Crippen molar-refractivity contribution in [3.8, 4) is 0 Å². The molecule has 0 aliphatic carbocycles. The Morgan fingerprint density at radius 1 is 0.962 bits per heavy atom. The van der Waals surface area contributed by atoms with Crippen molar-refractivity contribution in [3.63, 3.8) is 0 Å². The van der Waals surface area contributed by atoms with Crippen molar-refractivity contribution in [1.82, 2.24) is 0 Å². The average Bonchev–Trinajstić information content (AvgIpc) is 2.66. The highest BCUT2D eigenvalue weighted by Gasteiger charge is 2.18. The molecule has 0 aromatic heterocycles. The molecule has 0 radical (unpaired) electrons. The van der Waals surface area contributed by atoms with Gasteiger partial charge < -0.3 is 4.74 Å². The molecule has 132 valence electrons. The minimum absolute atomic E-state index is 0.0769. The van der Waals surface area contributed by atoms with Crippen molar-refractivity contribution in [3.05, 3.63) is 78.4 Å². The minimum atomic E-state index is -3.84. The van der Waals surface area contributed by atoms with Crippen LogP contribution in [0.3, 0.4) is 0 Å². The highest BCUT2D eigenvalue weighted by Crippen LogP contribution is 2.27. The summed E-state index contributed by atoms with van der Waals surface area (Å²) in [5.74, 6) is -0.556. The van der Waals surface area contributed by atoms with E-state index in [-0.39, 0.29) is 4.90 Å². The van der Waals surface area contributed by atoms with Crippen molar-refractivity contribution in [2.24, 2.45) is 0 Å². The summed E-state index contributed by atoms with van der Waals surface area (Å²) in [5.41, 5.74) is 0.889. The Bertz CT molecular complexity index is 1080. The van der Waals surface area contributed by atoms with E-state index in [1.165, 1.54) is 25.3 Å². The quantitative estimate of drug-likeness (QED) is 0.549. The van der Waals surface area contributed by atoms with Crippen LogP contribution in [0.25, 0.3) is 16.8 Å². The van der Waals surface area contributed by atoms with Gasteiger partial charge in [-0.25, -0.2) is 13.2 Å². The van der Waals surface area contributed by atoms with Gasteiger partial charge in [0.05, 0.1) is 17.7 Å². The lowest BCUT2D eigenvalue weighted by Crippen LogP contribution is -2.14. The van der Waals surface area contributed by atoms with E-state index in [0.717, 1.165) is 10.8 Å². The van der Waals surface area contributed by atoms with E-state index in [4.69, 9.17) is 0 Å². The van der Waals surface area contributed by atoms with E-state index >= 15 is 0 Å². The molecule has 0 saturated carbocycles. The Hall–Kier alpha value is -3.12. The van der Waals surface area contributed by atoms with Crippen LogP contribution >= 0.6 is 0 Å². The Morgan fingerprint density at radius 3 is 2.46 bits per heavy atom. The number of anilines is 1. The molecule has 0 fully saturated rings. The maximum atomic E-state index is 12.9. The second kappa shape index (κ2) is 7.41. The van der Waals surface area contributed by atoms with Gasteiger partial charge in [0.2, 0.25) is 0 Å². The zero-order valence-electron chi connectivity index (χ0n) is 14.0. The summed E-state index contributed by atoms with van der Waals surface area (Å²) in [4.78, 5) is 11.4. The Kier molecular flexibility index (Phi) is 5.04. The predicted molar refractivity (Wildman–Crippen MR) is 102 cm³/mol. The molecule has 0 saturated heterocycles. The highest BCUT2D eigenvalue weighted by atomic mass is 32.2. The fraction of sp³-hybridized carbons (Fsp3) is 0.0500. The number of rotatable bonds is 5. The number of benzene rings is 3. The summed E-state index contributed by atoms with van der Waals surface area (Å²) in [6.07, 6.45) is 2.61. The van der Waals surface area contributed by atoms with Gasteiger partial charge >= 0.3 is 5.97 Å². The van der Waals surface area contributed by atoms with Gasteiger partial charge in [0.15, 0.2) is 0 Å². The number of sulfonamides is 1. The molecular formula is C20H17NO4S. The molecule has 0 aliphatic rings. The normalized spacial score (nSPS) is 11.6. The fourth-order valence-electron chi connectivity index (χ4n) is 2.60. The standard InChI is InChI=1S/C20H17NO4S/c1-25-20(22)14-13-16-8-3-5-12-19(16)26(23,24)21-18-11-6-9-15-7-2-4-10-17(15)18/h2-14,21H,1H3/b14-13+. The molecule has 6 heteroatoms. The summed E-state index contributed by atoms with van der Waals surface area (Å²) in [6.45, 7) is 0. The third-order valence-corrected chi connectivity index (χ3v) is 5.28. The number of nitrogens with one attached hydrogen (secondary N) is 1. The molecule has 5 nitrogen and oxygen atoms in total. The first-order valence-corrected chi connectivity index (χ1v) is 9.35. The number of esters is 1. The zero-order chi connectivity index (χ0) is 18.6. The Balaban J connectivity index is 2.01. The topological polar surface area (TPSA) is 72.5 Å². The van der Waals surface area contributed by atoms with Crippen LogP contribution in [-0.2, 0) is 19.6 Å². The van der Waals surface area contributed by atoms with Gasteiger partial charge in [-0.3, -0.25) is 4.72 Å². The molecule has 26 heavy (non-hydrogen) atoms. The minimum Gasteiger partial charge on any atom is -0.466 e. The van der Waals surface area contributed by atoms with Crippen LogP contribution in [0.5, 0.6) is 0 Å². The Labute approximate surface area is 152 Å². The van der Waals surface area contributed by atoms with Crippen LogP contribution in [-0.4, -0.2) is 21.5 Å². The number of methoxy groups -OCH3 is 1. The summed E-state index contributed by atoms with van der Waals surface area (Å²) >= 11 is 0. The van der Waals surface area contributed by atoms with E-state index in [1.807, 2.05) is 30.3 Å². The van der Waals surface area contributed by atoms with Crippen LogP contribution < -0.4 is 4.72 Å². The third-order valence-electron chi connectivity index (χ3n) is 3.84. The predicted octanol–water partition coefficient (Wildman–Crippen LogP) is 3.83. The van der Waals surface area contributed by atoms with Crippen molar-refractivity contribution >= 4 is 38.5 Å². The number of carbonyl (C=O) groups is 1. The van der Waals surface area contributed by atoms with Gasteiger partial charge in [-0.1, -0.05) is 54.6 Å². The summed E-state index contributed by atoms with van der Waals surface area (Å²) < 4.78 is 33.0. The molecule has 0 unspecified atom stereocenters. The molecule has 0 heterocycles. The number of ether oxygens (including phenoxy) is 1. The monoisotopic (exact) mass is 367 g/mol. The third kappa shape index (κ3) is 3.75. The first-order chi connectivity index (χ1) is 12.5. The van der Waals surface area contributed by atoms with Gasteiger partial charge in [0.1, 0.15) is 0 Å². The fourth-order valence-corrected chi connectivity index (χ4v) is 3.88. The van der Waals surface area contributed by atoms with Gasteiger partial charge in [0.25, 0.3) is 10.0 Å². The molecule has 3 aromatic rings. The SMILES string of the molecule is COC(=O)/C=C/c1ccccc1S(=O)(=O)Nc1cccc2ccccc12. The molecule has 0 aliphatic heterocycles. The molecule has 3 aromatic carbocycles. The summed E-state index contributed by atoms with van der Waals surface area (Å²) in [5, 5.41) is 1.74. The maximum Gasteiger partial charge on any atom is 0.330 e. The van der Waals surface area contributed by atoms with Gasteiger partial charge in [-0.05, 0) is 29.2 Å². The first-order valence-electron chi connectivity index (χ1n) is 7.87. The lowest BCUT2D eigenvalue weighted by molar-refractivity contribution is -0.134. The second-order valence-corrected chi connectivity index (χ2v) is 7.18. The van der Waals surface area contributed by atoms with Crippen molar-refractivity contribution in [1.29, 1.82) is 0 Å². The Morgan fingerprint density at radius 2 is 1.65 bits per heavy atom. The van der Waals surface area contributed by atoms with E-state index in [9.17, 15) is 13.2 Å². The number of hydrogen-bond acceptors (Lipinski definition) is 4. The van der Waals surface area contributed by atoms with Crippen LogP contribution in [0.1, 0.15) is 5.56 Å². The number of carbonyl (C=O) groups excluding carboxylic acids is 1. The summed E-state index contributed by atoms with van der Waals surface area (Å²) in [6, 6.07) is 19.4. The highest BCUT2D eigenvalue weighted by molar-refractivity contribution is 7.92. The second-order valence-electron chi connectivity index (χ2n) is 5.53. The molecular weight excluding hydrogens is 350 g/mol. The largest absolute Gasteiger partial charge is 0.466 e. The van der Waals surface area contributed by atoms with Gasteiger partial charge in [-0.15, -0.1) is 0 Å². The van der Waals surface area contributed by atoms with Crippen molar-refractivity contribution < 1.29 is 17.9 Å². The molecule has 0 spiro atoms. The van der Waals surface area contributed by atoms with E-state index < -0.39 is 16.0 Å². The van der Waals surface area contributed by atoms with Crippen LogP contribution in [0.15, 0.2) is 77.7 Å². The number of fused-ring (bicyclic) bond motifs is 1. The molecule has 1 N–H and O–H groups in total. The van der Waals surface area contributed by atoms with E-state index in [0.29, 0.717) is 11.3 Å². The number of hydrogen-bond donors (Lipinski definition) is 1. The van der Waals surface area contributed by atoms with Crippen LogP contribution in [0.2, 0.25) is 0 Å². The van der Waals surface area contributed by atoms with Crippen LogP contribution in [0.4, 0.5) is 5.69 Å². The lowest BCUT2D eigenvalue weighted by atomic mass is 10.1. The lowest BCUT2D eigenvalue weighted by Gasteiger charge is -2.12.